The van der Waals surface area contributed by atoms with Crippen LogP contribution in [-0.2, 0) is 15.0 Å². The van der Waals surface area contributed by atoms with Gasteiger partial charge in [0.15, 0.2) is 0 Å². The third-order valence-corrected chi connectivity index (χ3v) is 4.47. The predicted molar refractivity (Wildman–Crippen MR) is 97.1 cm³/mol. The first-order chi connectivity index (χ1) is 11.3. The van der Waals surface area contributed by atoms with E-state index in [1.54, 1.807) is 11.8 Å². The SMILES string of the molecule is CC(=O)N1CCN(C(=O)CCNc2ccccc2C(C)(C)C)CC1. The number of carbonyl (C=O) groups is 2. The van der Waals surface area contributed by atoms with Gasteiger partial charge >= 0.3 is 0 Å². The lowest BCUT2D eigenvalue weighted by Gasteiger charge is -2.34. The van der Waals surface area contributed by atoms with Gasteiger partial charge in [0.1, 0.15) is 0 Å². The summed E-state index contributed by atoms with van der Waals surface area (Å²) in [4.78, 5) is 27.3. The average Bonchev–Trinajstić information content (AvgIpc) is 2.54. The molecule has 1 aliphatic rings. The van der Waals surface area contributed by atoms with Crippen LogP contribution in [0.5, 0.6) is 0 Å². The highest BCUT2D eigenvalue weighted by molar-refractivity contribution is 5.78. The number of nitrogens with zero attached hydrogens (tertiary/aromatic N) is 2. The molecule has 5 nitrogen and oxygen atoms in total. The fourth-order valence-corrected chi connectivity index (χ4v) is 3.02. The van der Waals surface area contributed by atoms with Crippen molar-refractivity contribution in [3.8, 4) is 0 Å². The van der Waals surface area contributed by atoms with Crippen LogP contribution in [0.4, 0.5) is 5.69 Å². The molecule has 24 heavy (non-hydrogen) atoms. The van der Waals surface area contributed by atoms with Crippen molar-refractivity contribution in [3.63, 3.8) is 0 Å². The smallest absolute Gasteiger partial charge is 0.224 e. The molecule has 1 heterocycles. The van der Waals surface area contributed by atoms with Crippen molar-refractivity contribution in [2.24, 2.45) is 0 Å². The van der Waals surface area contributed by atoms with Crippen LogP contribution in [0.1, 0.15) is 39.7 Å². The van der Waals surface area contributed by atoms with E-state index in [1.165, 1.54) is 5.56 Å². The Kier molecular flexibility index (Phi) is 5.86. The van der Waals surface area contributed by atoms with E-state index in [0.29, 0.717) is 39.1 Å². The lowest BCUT2D eigenvalue weighted by Crippen LogP contribution is -2.50. The van der Waals surface area contributed by atoms with E-state index < -0.39 is 0 Å². The summed E-state index contributed by atoms with van der Waals surface area (Å²) < 4.78 is 0. The number of nitrogens with one attached hydrogen (secondary N) is 1. The van der Waals surface area contributed by atoms with E-state index in [9.17, 15) is 9.59 Å². The van der Waals surface area contributed by atoms with Crippen LogP contribution in [0.3, 0.4) is 0 Å². The average molecular weight is 331 g/mol. The van der Waals surface area contributed by atoms with Gasteiger partial charge < -0.3 is 15.1 Å². The molecule has 1 aromatic rings. The first-order valence-corrected chi connectivity index (χ1v) is 8.65. The number of benzene rings is 1. The van der Waals surface area contributed by atoms with E-state index in [4.69, 9.17) is 0 Å². The molecule has 0 saturated carbocycles. The van der Waals surface area contributed by atoms with E-state index in [2.05, 4.69) is 38.2 Å². The van der Waals surface area contributed by atoms with Crippen molar-refractivity contribution in [2.75, 3.05) is 38.0 Å². The maximum atomic E-state index is 12.3. The number of rotatable bonds is 4. The maximum absolute atomic E-state index is 12.3. The lowest BCUT2D eigenvalue weighted by molar-refractivity contribution is -0.138. The van der Waals surface area contributed by atoms with Crippen molar-refractivity contribution < 1.29 is 9.59 Å². The molecular weight excluding hydrogens is 302 g/mol. The number of para-hydroxylation sites is 1. The summed E-state index contributed by atoms with van der Waals surface area (Å²) >= 11 is 0. The molecule has 1 N–H and O–H groups in total. The third-order valence-electron chi connectivity index (χ3n) is 4.47. The van der Waals surface area contributed by atoms with Crippen LogP contribution in [0, 0.1) is 0 Å². The Morgan fingerprint density at radius 3 is 2.21 bits per heavy atom. The van der Waals surface area contributed by atoms with Crippen molar-refractivity contribution in [1.82, 2.24) is 9.80 Å². The number of anilines is 1. The van der Waals surface area contributed by atoms with Gasteiger partial charge in [0, 0.05) is 51.8 Å². The predicted octanol–water partition coefficient (Wildman–Crippen LogP) is 2.48. The van der Waals surface area contributed by atoms with Gasteiger partial charge in [0.25, 0.3) is 0 Å². The molecule has 0 spiro atoms. The van der Waals surface area contributed by atoms with Gasteiger partial charge in [-0.15, -0.1) is 0 Å². The summed E-state index contributed by atoms with van der Waals surface area (Å²) in [5.41, 5.74) is 2.42. The summed E-state index contributed by atoms with van der Waals surface area (Å²) in [6.45, 7) is 11.3. The fourth-order valence-electron chi connectivity index (χ4n) is 3.02. The molecule has 1 aliphatic heterocycles. The highest BCUT2D eigenvalue weighted by Gasteiger charge is 2.22. The molecule has 5 heteroatoms. The van der Waals surface area contributed by atoms with Gasteiger partial charge in [-0.3, -0.25) is 9.59 Å². The van der Waals surface area contributed by atoms with Crippen molar-refractivity contribution in [1.29, 1.82) is 0 Å². The minimum Gasteiger partial charge on any atom is -0.384 e. The Morgan fingerprint density at radius 2 is 1.62 bits per heavy atom. The first kappa shape index (κ1) is 18.3. The number of hydrogen-bond donors (Lipinski definition) is 1. The molecule has 0 atom stereocenters. The molecule has 132 valence electrons. The second kappa shape index (κ2) is 7.69. The summed E-state index contributed by atoms with van der Waals surface area (Å²) in [6, 6.07) is 8.26. The van der Waals surface area contributed by atoms with Gasteiger partial charge in [0.2, 0.25) is 11.8 Å². The number of hydrogen-bond acceptors (Lipinski definition) is 3. The molecule has 0 radical (unpaired) electrons. The van der Waals surface area contributed by atoms with Gasteiger partial charge in [-0.1, -0.05) is 39.0 Å². The summed E-state index contributed by atoms with van der Waals surface area (Å²) in [6.07, 6.45) is 0.471. The molecule has 1 fully saturated rings. The van der Waals surface area contributed by atoms with Crippen LogP contribution >= 0.6 is 0 Å². The lowest BCUT2D eigenvalue weighted by atomic mass is 9.86. The quantitative estimate of drug-likeness (QED) is 0.922. The largest absolute Gasteiger partial charge is 0.384 e. The Labute approximate surface area is 145 Å². The Balaban J connectivity index is 1.83. The van der Waals surface area contributed by atoms with Crippen LogP contribution < -0.4 is 5.32 Å². The van der Waals surface area contributed by atoms with E-state index >= 15 is 0 Å². The van der Waals surface area contributed by atoms with Crippen molar-refractivity contribution >= 4 is 17.5 Å². The molecule has 1 saturated heterocycles. The summed E-state index contributed by atoms with van der Waals surface area (Å²) in [7, 11) is 0. The zero-order chi connectivity index (χ0) is 17.7. The molecule has 0 aliphatic carbocycles. The van der Waals surface area contributed by atoms with E-state index in [1.807, 2.05) is 17.0 Å². The number of carbonyl (C=O) groups excluding carboxylic acids is 2. The highest BCUT2D eigenvalue weighted by atomic mass is 16.2. The molecular formula is C19H29N3O2. The first-order valence-electron chi connectivity index (χ1n) is 8.65. The second-order valence-electron chi connectivity index (χ2n) is 7.36. The van der Waals surface area contributed by atoms with E-state index in [0.717, 1.165) is 5.69 Å². The normalized spacial score (nSPS) is 15.3. The van der Waals surface area contributed by atoms with Gasteiger partial charge in [-0.2, -0.15) is 0 Å². The fraction of sp³-hybridized carbons (Fsp3) is 0.579. The molecule has 1 aromatic carbocycles. The third kappa shape index (κ3) is 4.73. The molecule has 2 rings (SSSR count). The molecule has 0 unspecified atom stereocenters. The molecule has 0 aromatic heterocycles. The monoisotopic (exact) mass is 331 g/mol. The Morgan fingerprint density at radius 1 is 1.04 bits per heavy atom. The van der Waals surface area contributed by atoms with Crippen LogP contribution in [0.25, 0.3) is 0 Å². The zero-order valence-electron chi connectivity index (χ0n) is 15.3. The zero-order valence-corrected chi connectivity index (χ0v) is 15.3. The molecule has 2 amide bonds. The van der Waals surface area contributed by atoms with Crippen molar-refractivity contribution in [2.45, 2.75) is 39.5 Å². The standard InChI is InChI=1S/C19H29N3O2/c1-15(23)21-11-13-22(14-12-21)18(24)9-10-20-17-8-6-5-7-16(17)19(2,3)4/h5-8,20H,9-14H2,1-4H3. The van der Waals surface area contributed by atoms with Crippen LogP contribution in [-0.4, -0.2) is 54.3 Å². The second-order valence-corrected chi connectivity index (χ2v) is 7.36. The van der Waals surface area contributed by atoms with Gasteiger partial charge in [-0.25, -0.2) is 0 Å². The van der Waals surface area contributed by atoms with Gasteiger partial charge in [0.05, 0.1) is 0 Å². The summed E-state index contributed by atoms with van der Waals surface area (Å²) in [5, 5.41) is 3.40. The Hall–Kier alpha value is -2.04. The maximum Gasteiger partial charge on any atom is 0.224 e. The number of piperazine rings is 1. The topological polar surface area (TPSA) is 52.7 Å². The Bertz CT molecular complexity index is 585. The summed E-state index contributed by atoms with van der Waals surface area (Å²) in [5.74, 6) is 0.237. The highest BCUT2D eigenvalue weighted by Crippen LogP contribution is 2.29. The van der Waals surface area contributed by atoms with E-state index in [-0.39, 0.29) is 17.2 Å². The minimum atomic E-state index is 0.0661. The van der Waals surface area contributed by atoms with Crippen LogP contribution in [0.2, 0.25) is 0 Å². The van der Waals surface area contributed by atoms with Crippen LogP contribution in [0.15, 0.2) is 24.3 Å². The van der Waals surface area contributed by atoms with Gasteiger partial charge in [-0.05, 0) is 17.0 Å². The minimum absolute atomic E-state index is 0.0661. The molecule has 0 bridgehead atoms. The van der Waals surface area contributed by atoms with Crippen molar-refractivity contribution in [3.05, 3.63) is 29.8 Å². The number of amides is 2.